The van der Waals surface area contributed by atoms with Gasteiger partial charge in [-0.2, -0.15) is 4.98 Å². The van der Waals surface area contributed by atoms with Crippen molar-refractivity contribution in [2.24, 2.45) is 5.92 Å². The molecule has 4 rings (SSSR count). The number of rotatable bonds is 6. The summed E-state index contributed by atoms with van der Waals surface area (Å²) in [6, 6.07) is 11.1. The van der Waals surface area contributed by atoms with Crippen molar-refractivity contribution in [3.63, 3.8) is 0 Å². The van der Waals surface area contributed by atoms with Crippen LogP contribution in [0.4, 0.5) is 5.69 Å². The smallest absolute Gasteiger partial charge is 0.274 e. The van der Waals surface area contributed by atoms with E-state index in [2.05, 4.69) is 20.4 Å². The summed E-state index contributed by atoms with van der Waals surface area (Å²) in [5, 5.41) is 17.0. The molecule has 1 aromatic carbocycles. The Balaban J connectivity index is 1.57. The normalized spacial score (nSPS) is 12.4. The lowest BCUT2D eigenvalue weighted by molar-refractivity contribution is 0.102. The second kappa shape index (κ2) is 8.08. The predicted octanol–water partition coefficient (Wildman–Crippen LogP) is 3.50. The topological polar surface area (TPSA) is 106 Å². The van der Waals surface area contributed by atoms with Crippen molar-refractivity contribution in [2.45, 2.75) is 33.3 Å². The Morgan fingerprint density at radius 3 is 2.90 bits per heavy atom. The largest absolute Gasteiger partial charge is 0.392 e. The third-order valence-corrected chi connectivity index (χ3v) is 5.02. The van der Waals surface area contributed by atoms with Gasteiger partial charge in [-0.15, -0.1) is 0 Å². The van der Waals surface area contributed by atoms with E-state index in [0.29, 0.717) is 40.7 Å². The van der Waals surface area contributed by atoms with Gasteiger partial charge in [0.2, 0.25) is 11.7 Å². The average molecular weight is 405 g/mol. The monoisotopic (exact) mass is 405 g/mol. The van der Waals surface area contributed by atoms with Crippen molar-refractivity contribution in [3.05, 3.63) is 65.9 Å². The van der Waals surface area contributed by atoms with Gasteiger partial charge in [-0.3, -0.25) is 9.20 Å². The van der Waals surface area contributed by atoms with Crippen molar-refractivity contribution in [3.8, 4) is 11.4 Å². The lowest BCUT2D eigenvalue weighted by atomic mass is 10.0. The average Bonchev–Trinajstić information content (AvgIpc) is 3.36. The molecule has 0 bridgehead atoms. The Morgan fingerprint density at radius 1 is 1.27 bits per heavy atom. The van der Waals surface area contributed by atoms with Gasteiger partial charge in [0, 0.05) is 17.4 Å². The lowest BCUT2D eigenvalue weighted by Crippen LogP contribution is -2.17. The number of amides is 1. The Bertz CT molecular complexity index is 1190. The Labute approximate surface area is 173 Å². The van der Waals surface area contributed by atoms with Gasteiger partial charge in [0.05, 0.1) is 18.7 Å². The first kappa shape index (κ1) is 19.8. The van der Waals surface area contributed by atoms with Crippen LogP contribution in [0.3, 0.4) is 0 Å². The van der Waals surface area contributed by atoms with Gasteiger partial charge in [0.25, 0.3) is 5.91 Å². The molecule has 3 aromatic heterocycles. The number of nitrogens with zero attached hydrogens (tertiary/aromatic N) is 4. The van der Waals surface area contributed by atoms with Crippen molar-refractivity contribution < 1.29 is 14.4 Å². The van der Waals surface area contributed by atoms with Gasteiger partial charge in [-0.1, -0.05) is 37.2 Å². The molecule has 30 heavy (non-hydrogen) atoms. The van der Waals surface area contributed by atoms with Gasteiger partial charge < -0.3 is 14.9 Å². The van der Waals surface area contributed by atoms with E-state index in [4.69, 9.17) is 4.52 Å². The first-order valence-electron chi connectivity index (χ1n) is 9.77. The molecule has 0 radical (unpaired) electrons. The van der Waals surface area contributed by atoms with E-state index < -0.39 is 6.10 Å². The third kappa shape index (κ3) is 3.95. The van der Waals surface area contributed by atoms with E-state index in [1.165, 1.54) is 0 Å². The fraction of sp³-hybridized carbons (Fsp3) is 0.273. The van der Waals surface area contributed by atoms with Gasteiger partial charge in [0.15, 0.2) is 0 Å². The summed E-state index contributed by atoms with van der Waals surface area (Å²) in [4.78, 5) is 21.5. The van der Waals surface area contributed by atoms with Crippen LogP contribution in [0.2, 0.25) is 0 Å². The highest BCUT2D eigenvalue weighted by Crippen LogP contribution is 2.24. The molecular formula is C22H23N5O3. The van der Waals surface area contributed by atoms with Crippen LogP contribution in [-0.4, -0.2) is 36.6 Å². The summed E-state index contributed by atoms with van der Waals surface area (Å²) in [5.74, 6) is 0.623. The predicted molar refractivity (Wildman–Crippen MR) is 112 cm³/mol. The maximum absolute atomic E-state index is 12.8. The van der Waals surface area contributed by atoms with Crippen molar-refractivity contribution >= 4 is 17.2 Å². The molecule has 0 saturated carbocycles. The fourth-order valence-corrected chi connectivity index (χ4v) is 3.05. The zero-order chi connectivity index (χ0) is 21.3. The maximum Gasteiger partial charge on any atom is 0.274 e. The molecule has 4 aromatic rings. The fourth-order valence-electron chi connectivity index (χ4n) is 3.05. The van der Waals surface area contributed by atoms with Crippen LogP contribution in [0, 0.1) is 12.8 Å². The van der Waals surface area contributed by atoms with Gasteiger partial charge >= 0.3 is 0 Å². The first-order chi connectivity index (χ1) is 14.4. The van der Waals surface area contributed by atoms with Gasteiger partial charge in [0.1, 0.15) is 11.3 Å². The van der Waals surface area contributed by atoms with Crippen LogP contribution in [0.25, 0.3) is 17.0 Å². The minimum atomic E-state index is -0.545. The molecule has 1 atom stereocenters. The van der Waals surface area contributed by atoms with Crippen LogP contribution < -0.4 is 5.32 Å². The summed E-state index contributed by atoms with van der Waals surface area (Å²) < 4.78 is 7.01. The van der Waals surface area contributed by atoms with Crippen LogP contribution in [0.15, 0.2) is 53.3 Å². The molecule has 0 aliphatic heterocycles. The summed E-state index contributed by atoms with van der Waals surface area (Å²) in [7, 11) is 0. The molecule has 0 aliphatic rings. The number of pyridine rings is 1. The molecule has 8 heteroatoms. The van der Waals surface area contributed by atoms with Crippen molar-refractivity contribution in [1.29, 1.82) is 0 Å². The Kier molecular flexibility index (Phi) is 5.33. The molecule has 3 heterocycles. The molecule has 0 aliphatic carbocycles. The number of aryl methyl sites for hydroxylation is 1. The first-order valence-corrected chi connectivity index (χ1v) is 9.77. The second-order valence-electron chi connectivity index (χ2n) is 7.58. The Morgan fingerprint density at radius 2 is 2.10 bits per heavy atom. The van der Waals surface area contributed by atoms with Gasteiger partial charge in [-0.05, 0) is 36.6 Å². The van der Waals surface area contributed by atoms with E-state index in [-0.39, 0.29) is 11.8 Å². The van der Waals surface area contributed by atoms with Crippen molar-refractivity contribution in [1.82, 2.24) is 19.5 Å². The number of imidazole rings is 1. The summed E-state index contributed by atoms with van der Waals surface area (Å²) in [5.41, 5.74) is 3.41. The van der Waals surface area contributed by atoms with E-state index in [0.717, 1.165) is 5.56 Å². The number of hydrogen-bond donors (Lipinski definition) is 2. The second-order valence-corrected chi connectivity index (χ2v) is 7.58. The number of hydrogen-bond acceptors (Lipinski definition) is 6. The number of aliphatic hydroxyl groups is 1. The number of aliphatic hydroxyl groups excluding tert-OH is 1. The highest BCUT2D eigenvalue weighted by Gasteiger charge is 2.17. The SMILES string of the molecule is Cc1ccc(-c2noc(CC(O)C(C)C)n2)cc1NC(=O)c1cnc2ccccn12. The summed E-state index contributed by atoms with van der Waals surface area (Å²) in [6.45, 7) is 5.77. The number of benzene rings is 1. The number of aromatic nitrogens is 4. The van der Waals surface area contributed by atoms with E-state index in [9.17, 15) is 9.90 Å². The maximum atomic E-state index is 12.8. The number of carbonyl (C=O) groups is 1. The van der Waals surface area contributed by atoms with Crippen LogP contribution in [-0.2, 0) is 6.42 Å². The molecule has 1 unspecified atom stereocenters. The third-order valence-electron chi connectivity index (χ3n) is 5.02. The molecular weight excluding hydrogens is 382 g/mol. The van der Waals surface area contributed by atoms with Crippen LogP contribution in [0.5, 0.6) is 0 Å². The number of fused-ring (bicyclic) bond motifs is 1. The van der Waals surface area contributed by atoms with E-state index >= 15 is 0 Å². The zero-order valence-electron chi connectivity index (χ0n) is 17.0. The number of nitrogens with one attached hydrogen (secondary N) is 1. The highest BCUT2D eigenvalue weighted by molar-refractivity contribution is 6.04. The molecule has 1 amide bonds. The molecule has 154 valence electrons. The lowest BCUT2D eigenvalue weighted by Gasteiger charge is -2.10. The minimum Gasteiger partial charge on any atom is -0.392 e. The summed E-state index contributed by atoms with van der Waals surface area (Å²) >= 11 is 0. The summed E-state index contributed by atoms with van der Waals surface area (Å²) in [6.07, 6.45) is 3.10. The van der Waals surface area contributed by atoms with Crippen LogP contribution in [0.1, 0.15) is 35.8 Å². The van der Waals surface area contributed by atoms with Gasteiger partial charge in [-0.25, -0.2) is 4.98 Å². The molecule has 8 nitrogen and oxygen atoms in total. The van der Waals surface area contributed by atoms with E-state index in [1.54, 1.807) is 16.8 Å². The van der Waals surface area contributed by atoms with Crippen molar-refractivity contribution in [2.75, 3.05) is 5.32 Å². The standard InChI is InChI=1S/C22H23N5O3/c1-13(2)18(28)11-20-25-21(26-30-20)15-8-7-14(3)16(10-15)24-22(29)17-12-23-19-6-4-5-9-27(17)19/h4-10,12-13,18,28H,11H2,1-3H3,(H,24,29). The molecule has 0 spiro atoms. The molecule has 0 saturated heterocycles. The Hall–Kier alpha value is -3.52. The van der Waals surface area contributed by atoms with E-state index in [1.807, 2.05) is 57.2 Å². The number of anilines is 1. The minimum absolute atomic E-state index is 0.0983. The quantitative estimate of drug-likeness (QED) is 0.509. The van der Waals surface area contributed by atoms with Crippen LogP contribution >= 0.6 is 0 Å². The highest BCUT2D eigenvalue weighted by atomic mass is 16.5. The zero-order valence-corrected chi connectivity index (χ0v) is 17.0. The molecule has 0 fully saturated rings. The molecule has 2 N–H and O–H groups in total. The number of carbonyl (C=O) groups excluding carboxylic acids is 1.